The van der Waals surface area contributed by atoms with Gasteiger partial charge in [0.05, 0.1) is 6.04 Å². The zero-order valence-corrected chi connectivity index (χ0v) is 10.6. The van der Waals surface area contributed by atoms with Crippen LogP contribution in [0.15, 0.2) is 53.0 Å². The minimum atomic E-state index is -0.253. The van der Waals surface area contributed by atoms with Crippen molar-refractivity contribution in [3.63, 3.8) is 0 Å². The highest BCUT2D eigenvalue weighted by molar-refractivity contribution is 9.10. The van der Waals surface area contributed by atoms with E-state index < -0.39 is 0 Å². The summed E-state index contributed by atoms with van der Waals surface area (Å²) in [5, 5.41) is 0. The summed E-state index contributed by atoms with van der Waals surface area (Å²) in [6.45, 7) is 0. The van der Waals surface area contributed by atoms with Crippen molar-refractivity contribution < 1.29 is 4.39 Å². The fourth-order valence-corrected chi connectivity index (χ4v) is 2.24. The topological polar surface area (TPSA) is 38.0 Å². The second-order valence-corrected chi connectivity index (χ2v) is 4.53. The fourth-order valence-electron chi connectivity index (χ4n) is 1.73. The van der Waals surface area contributed by atoms with Gasteiger partial charge in [-0.15, -0.1) is 0 Å². The van der Waals surface area contributed by atoms with E-state index in [-0.39, 0.29) is 11.9 Å². The van der Waals surface area contributed by atoms with E-state index in [2.05, 4.69) is 21.4 Å². The summed E-state index contributed by atoms with van der Waals surface area (Å²) in [5.41, 5.74) is 4.68. The van der Waals surface area contributed by atoms with Gasteiger partial charge in [0, 0.05) is 4.47 Å². The Labute approximate surface area is 108 Å². The molecule has 1 unspecified atom stereocenters. The predicted octanol–water partition coefficient (Wildman–Crippen LogP) is 3.14. The molecule has 0 radical (unpaired) electrons. The Balaban J connectivity index is 2.40. The zero-order chi connectivity index (χ0) is 12.3. The summed E-state index contributed by atoms with van der Waals surface area (Å²) >= 11 is 3.48. The SMILES string of the molecule is NNC(c1ccc(F)cc1)c1ccccc1Br. The summed E-state index contributed by atoms with van der Waals surface area (Å²) in [5.74, 6) is 5.33. The van der Waals surface area contributed by atoms with Crippen LogP contribution in [-0.4, -0.2) is 0 Å². The second kappa shape index (κ2) is 5.40. The summed E-state index contributed by atoms with van der Waals surface area (Å²) in [6.07, 6.45) is 0. The average molecular weight is 295 g/mol. The molecule has 2 rings (SSSR count). The van der Waals surface area contributed by atoms with E-state index in [9.17, 15) is 4.39 Å². The number of nitrogens with two attached hydrogens (primary N) is 1. The molecular formula is C13H12BrFN2. The molecule has 0 bridgehead atoms. The highest BCUT2D eigenvalue weighted by Crippen LogP contribution is 2.27. The van der Waals surface area contributed by atoms with Gasteiger partial charge in [-0.2, -0.15) is 0 Å². The van der Waals surface area contributed by atoms with E-state index in [1.807, 2.05) is 24.3 Å². The van der Waals surface area contributed by atoms with Crippen LogP contribution in [0.4, 0.5) is 4.39 Å². The molecule has 2 aromatic carbocycles. The molecule has 3 N–H and O–H groups in total. The van der Waals surface area contributed by atoms with Crippen LogP contribution in [0.25, 0.3) is 0 Å². The maximum atomic E-state index is 12.9. The Bertz CT molecular complexity index is 499. The molecule has 0 saturated carbocycles. The number of hydrogen-bond acceptors (Lipinski definition) is 2. The lowest BCUT2D eigenvalue weighted by molar-refractivity contribution is 0.614. The molecule has 0 aliphatic carbocycles. The van der Waals surface area contributed by atoms with Crippen LogP contribution in [0, 0.1) is 5.82 Å². The number of hydrogen-bond donors (Lipinski definition) is 2. The molecule has 17 heavy (non-hydrogen) atoms. The highest BCUT2D eigenvalue weighted by atomic mass is 79.9. The van der Waals surface area contributed by atoms with Gasteiger partial charge in [-0.05, 0) is 29.3 Å². The van der Waals surface area contributed by atoms with Crippen LogP contribution in [-0.2, 0) is 0 Å². The van der Waals surface area contributed by atoms with Crippen LogP contribution in [0.5, 0.6) is 0 Å². The van der Waals surface area contributed by atoms with Crippen molar-refractivity contribution in [1.29, 1.82) is 0 Å². The highest BCUT2D eigenvalue weighted by Gasteiger charge is 2.14. The lowest BCUT2D eigenvalue weighted by Gasteiger charge is -2.18. The first kappa shape index (κ1) is 12.2. The minimum absolute atomic E-state index is 0.161. The normalized spacial score (nSPS) is 12.4. The first-order valence-corrected chi connectivity index (χ1v) is 5.97. The maximum Gasteiger partial charge on any atom is 0.123 e. The molecule has 1 atom stereocenters. The molecule has 0 aliphatic rings. The van der Waals surface area contributed by atoms with Crippen molar-refractivity contribution in [3.05, 3.63) is 69.9 Å². The van der Waals surface area contributed by atoms with Crippen molar-refractivity contribution in [3.8, 4) is 0 Å². The molecular weight excluding hydrogens is 283 g/mol. The Hall–Kier alpha value is -1.23. The molecule has 0 amide bonds. The van der Waals surface area contributed by atoms with Gasteiger partial charge >= 0.3 is 0 Å². The van der Waals surface area contributed by atoms with Gasteiger partial charge in [0.15, 0.2) is 0 Å². The van der Waals surface area contributed by atoms with Crippen molar-refractivity contribution in [2.45, 2.75) is 6.04 Å². The quantitative estimate of drug-likeness (QED) is 0.674. The van der Waals surface area contributed by atoms with Crippen LogP contribution in [0.3, 0.4) is 0 Å². The van der Waals surface area contributed by atoms with Gasteiger partial charge < -0.3 is 0 Å². The lowest BCUT2D eigenvalue weighted by Crippen LogP contribution is -2.29. The van der Waals surface area contributed by atoms with Crippen molar-refractivity contribution >= 4 is 15.9 Å². The van der Waals surface area contributed by atoms with Gasteiger partial charge in [0.1, 0.15) is 5.82 Å². The smallest absolute Gasteiger partial charge is 0.123 e. The Morgan fingerprint density at radius 2 is 1.71 bits per heavy atom. The fraction of sp³-hybridized carbons (Fsp3) is 0.0769. The second-order valence-electron chi connectivity index (χ2n) is 3.67. The molecule has 0 spiro atoms. The van der Waals surface area contributed by atoms with Crippen LogP contribution in [0.2, 0.25) is 0 Å². The van der Waals surface area contributed by atoms with Crippen molar-refractivity contribution in [1.82, 2.24) is 5.43 Å². The molecule has 0 heterocycles. The van der Waals surface area contributed by atoms with Crippen LogP contribution < -0.4 is 11.3 Å². The Morgan fingerprint density at radius 3 is 2.29 bits per heavy atom. The third-order valence-electron chi connectivity index (χ3n) is 2.59. The number of rotatable bonds is 3. The first-order chi connectivity index (χ1) is 8.22. The summed E-state index contributed by atoms with van der Waals surface area (Å²) < 4.78 is 13.8. The van der Waals surface area contributed by atoms with Gasteiger partial charge in [-0.3, -0.25) is 5.84 Å². The largest absolute Gasteiger partial charge is 0.271 e. The van der Waals surface area contributed by atoms with Gasteiger partial charge in [0.25, 0.3) is 0 Å². The first-order valence-electron chi connectivity index (χ1n) is 5.18. The molecule has 2 nitrogen and oxygen atoms in total. The lowest BCUT2D eigenvalue weighted by atomic mass is 9.99. The standard InChI is InChI=1S/C13H12BrFN2/c14-12-4-2-1-3-11(12)13(17-16)9-5-7-10(15)8-6-9/h1-8,13,17H,16H2. The molecule has 0 aliphatic heterocycles. The zero-order valence-electron chi connectivity index (χ0n) is 9.03. The van der Waals surface area contributed by atoms with E-state index in [0.717, 1.165) is 15.6 Å². The number of hydrazine groups is 1. The van der Waals surface area contributed by atoms with Gasteiger partial charge in [0.2, 0.25) is 0 Å². The third kappa shape index (κ3) is 2.72. The van der Waals surface area contributed by atoms with Gasteiger partial charge in [-0.25, -0.2) is 9.82 Å². The molecule has 88 valence electrons. The average Bonchev–Trinajstić information content (AvgIpc) is 2.35. The van der Waals surface area contributed by atoms with E-state index in [1.54, 1.807) is 12.1 Å². The third-order valence-corrected chi connectivity index (χ3v) is 3.31. The number of halogens is 2. The van der Waals surface area contributed by atoms with E-state index in [4.69, 9.17) is 5.84 Å². The molecule has 0 aromatic heterocycles. The van der Waals surface area contributed by atoms with Crippen LogP contribution >= 0.6 is 15.9 Å². The minimum Gasteiger partial charge on any atom is -0.271 e. The summed E-state index contributed by atoms with van der Waals surface area (Å²) in [6, 6.07) is 13.9. The van der Waals surface area contributed by atoms with Gasteiger partial charge in [-0.1, -0.05) is 46.3 Å². The van der Waals surface area contributed by atoms with E-state index in [0.29, 0.717) is 0 Å². The Kier molecular flexibility index (Phi) is 3.89. The number of benzene rings is 2. The summed E-state index contributed by atoms with van der Waals surface area (Å²) in [7, 11) is 0. The monoisotopic (exact) mass is 294 g/mol. The van der Waals surface area contributed by atoms with Crippen molar-refractivity contribution in [2.75, 3.05) is 0 Å². The molecule has 2 aromatic rings. The maximum absolute atomic E-state index is 12.9. The van der Waals surface area contributed by atoms with Crippen molar-refractivity contribution in [2.24, 2.45) is 5.84 Å². The molecule has 0 saturated heterocycles. The number of nitrogens with one attached hydrogen (secondary N) is 1. The Morgan fingerprint density at radius 1 is 1.06 bits per heavy atom. The molecule has 4 heteroatoms. The summed E-state index contributed by atoms with van der Waals surface area (Å²) in [4.78, 5) is 0. The molecule has 0 fully saturated rings. The van der Waals surface area contributed by atoms with E-state index >= 15 is 0 Å². The predicted molar refractivity (Wildman–Crippen MR) is 69.7 cm³/mol. The van der Waals surface area contributed by atoms with Crippen LogP contribution in [0.1, 0.15) is 17.2 Å². The van der Waals surface area contributed by atoms with E-state index in [1.165, 1.54) is 12.1 Å².